The average Bonchev–Trinajstić information content (AvgIpc) is 2.90. The number of carboxylic acid groups (broad SMARTS) is 1. The summed E-state index contributed by atoms with van der Waals surface area (Å²) >= 11 is 3.18. The number of hydrogen-bond acceptors (Lipinski definition) is 4. The molecule has 9 heteroatoms. The molecule has 2 aromatic rings. The maximum Gasteiger partial charge on any atom is 0.335 e. The minimum atomic E-state index is -1.13. The number of anilines is 1. The van der Waals surface area contributed by atoms with E-state index in [2.05, 4.69) is 26.2 Å². The van der Waals surface area contributed by atoms with E-state index < -0.39 is 16.8 Å². The molecule has 0 spiro atoms. The Balaban J connectivity index is 2.24. The largest absolute Gasteiger partial charge is 0.478 e. The molecular formula is C12H8BrN3O5. The number of H-pyrrole nitrogens is 1. The first-order chi connectivity index (χ1) is 9.88. The van der Waals surface area contributed by atoms with Crippen LogP contribution < -0.4 is 5.32 Å². The molecule has 1 aromatic heterocycles. The summed E-state index contributed by atoms with van der Waals surface area (Å²) in [4.78, 5) is 35.2. The van der Waals surface area contributed by atoms with Crippen LogP contribution in [0.2, 0.25) is 0 Å². The number of rotatable bonds is 4. The van der Waals surface area contributed by atoms with Crippen molar-refractivity contribution in [2.45, 2.75) is 0 Å². The molecule has 0 unspecified atom stereocenters. The number of aromatic carboxylic acids is 1. The van der Waals surface area contributed by atoms with Gasteiger partial charge in [0.2, 0.25) is 0 Å². The average molecular weight is 354 g/mol. The first-order valence-electron chi connectivity index (χ1n) is 5.55. The van der Waals surface area contributed by atoms with E-state index in [1.54, 1.807) is 0 Å². The highest BCUT2D eigenvalue weighted by molar-refractivity contribution is 9.10. The molecule has 0 fully saturated rings. The molecule has 3 N–H and O–H groups in total. The summed E-state index contributed by atoms with van der Waals surface area (Å²) in [5, 5.41) is 21.9. The van der Waals surface area contributed by atoms with Gasteiger partial charge in [-0.15, -0.1) is 0 Å². The third kappa shape index (κ3) is 3.26. The van der Waals surface area contributed by atoms with Gasteiger partial charge in [-0.25, -0.2) is 4.79 Å². The van der Waals surface area contributed by atoms with Crippen molar-refractivity contribution >= 4 is 39.2 Å². The number of carboxylic acids is 1. The zero-order valence-corrected chi connectivity index (χ0v) is 11.9. The number of carbonyl (C=O) groups excluding carboxylic acids is 1. The number of carbonyl (C=O) groups is 2. The van der Waals surface area contributed by atoms with Crippen LogP contribution in [-0.4, -0.2) is 26.9 Å². The smallest absolute Gasteiger partial charge is 0.335 e. The number of nitrogens with one attached hydrogen (secondary N) is 2. The first kappa shape index (κ1) is 14.7. The lowest BCUT2D eigenvalue weighted by atomic mass is 10.2. The lowest BCUT2D eigenvalue weighted by Crippen LogP contribution is -2.13. The van der Waals surface area contributed by atoms with Gasteiger partial charge < -0.3 is 15.4 Å². The highest BCUT2D eigenvalue weighted by Crippen LogP contribution is 2.24. The Bertz CT molecular complexity index is 740. The van der Waals surface area contributed by atoms with Crippen molar-refractivity contribution in [3.8, 4) is 0 Å². The second kappa shape index (κ2) is 5.75. The third-order valence-electron chi connectivity index (χ3n) is 2.58. The lowest BCUT2D eigenvalue weighted by Gasteiger charge is -2.07. The van der Waals surface area contributed by atoms with Crippen molar-refractivity contribution in [2.24, 2.45) is 0 Å². The summed E-state index contributed by atoms with van der Waals surface area (Å²) in [6.45, 7) is 0. The summed E-state index contributed by atoms with van der Waals surface area (Å²) in [7, 11) is 0. The molecule has 0 radical (unpaired) electrons. The van der Waals surface area contributed by atoms with Crippen LogP contribution in [0.3, 0.4) is 0 Å². The van der Waals surface area contributed by atoms with Crippen LogP contribution in [0.4, 0.5) is 11.4 Å². The molecule has 108 valence electrons. The predicted molar refractivity (Wildman–Crippen MR) is 76.5 cm³/mol. The van der Waals surface area contributed by atoms with E-state index in [0.717, 1.165) is 12.3 Å². The number of aromatic nitrogens is 1. The molecule has 2 rings (SSSR count). The molecular weight excluding hydrogens is 346 g/mol. The minimum absolute atomic E-state index is 0.00525. The molecule has 0 saturated heterocycles. The number of hydrogen-bond donors (Lipinski definition) is 3. The van der Waals surface area contributed by atoms with E-state index in [1.165, 1.54) is 18.2 Å². The molecule has 0 saturated carbocycles. The number of benzene rings is 1. The summed E-state index contributed by atoms with van der Waals surface area (Å²) in [6, 6.07) is 5.23. The predicted octanol–water partition coefficient (Wildman–Crippen LogP) is 2.64. The Morgan fingerprint density at radius 2 is 2.05 bits per heavy atom. The molecule has 8 nitrogen and oxygen atoms in total. The van der Waals surface area contributed by atoms with Gasteiger partial charge in [0.25, 0.3) is 11.6 Å². The summed E-state index contributed by atoms with van der Waals surface area (Å²) in [5.41, 5.74) is 0.0101. The summed E-state index contributed by atoms with van der Waals surface area (Å²) in [5.74, 6) is -1.75. The van der Waals surface area contributed by atoms with Gasteiger partial charge in [0.1, 0.15) is 5.69 Å². The van der Waals surface area contributed by atoms with E-state index >= 15 is 0 Å². The van der Waals surface area contributed by atoms with Crippen LogP contribution in [0.25, 0.3) is 0 Å². The van der Waals surface area contributed by atoms with Crippen LogP contribution >= 0.6 is 15.9 Å². The van der Waals surface area contributed by atoms with E-state index in [-0.39, 0.29) is 22.6 Å². The molecule has 0 atom stereocenters. The second-order valence-corrected chi connectivity index (χ2v) is 4.84. The molecule has 21 heavy (non-hydrogen) atoms. The summed E-state index contributed by atoms with van der Waals surface area (Å²) in [6.07, 6.45) is 1.09. The monoisotopic (exact) mass is 353 g/mol. The van der Waals surface area contributed by atoms with Gasteiger partial charge in [-0.2, -0.15) is 0 Å². The SMILES string of the molecule is O=C(O)c1ccc(Br)c(NC(=O)c2cc([N+](=O)[O-])c[nH]2)c1. The molecule has 0 aliphatic carbocycles. The zero-order valence-electron chi connectivity index (χ0n) is 10.3. The van der Waals surface area contributed by atoms with E-state index in [9.17, 15) is 19.7 Å². The molecule has 0 aliphatic heterocycles. The van der Waals surface area contributed by atoms with Crippen molar-refractivity contribution in [1.82, 2.24) is 4.98 Å². The van der Waals surface area contributed by atoms with Gasteiger partial charge in [-0.05, 0) is 34.1 Å². The van der Waals surface area contributed by atoms with E-state index in [0.29, 0.717) is 4.47 Å². The van der Waals surface area contributed by atoms with Crippen molar-refractivity contribution in [2.75, 3.05) is 5.32 Å². The number of nitro groups is 1. The topological polar surface area (TPSA) is 125 Å². The van der Waals surface area contributed by atoms with Crippen molar-refractivity contribution in [3.05, 3.63) is 56.3 Å². The van der Waals surface area contributed by atoms with Crippen molar-refractivity contribution in [1.29, 1.82) is 0 Å². The van der Waals surface area contributed by atoms with Crippen LogP contribution in [-0.2, 0) is 0 Å². The zero-order chi connectivity index (χ0) is 15.6. The number of amides is 1. The normalized spacial score (nSPS) is 10.1. The fraction of sp³-hybridized carbons (Fsp3) is 0. The molecule has 1 heterocycles. The Morgan fingerprint density at radius 3 is 2.62 bits per heavy atom. The fourth-order valence-corrected chi connectivity index (χ4v) is 1.91. The Hall–Kier alpha value is -2.68. The standard InChI is InChI=1S/C12H8BrN3O5/c13-8-2-1-6(12(18)19)3-9(8)15-11(17)10-4-7(5-14-10)16(20)21/h1-5,14H,(H,15,17)(H,18,19). The van der Waals surface area contributed by atoms with Gasteiger partial charge in [-0.3, -0.25) is 14.9 Å². The van der Waals surface area contributed by atoms with E-state index in [4.69, 9.17) is 5.11 Å². The maximum absolute atomic E-state index is 12.0. The first-order valence-corrected chi connectivity index (χ1v) is 6.35. The minimum Gasteiger partial charge on any atom is -0.478 e. The molecule has 0 bridgehead atoms. The number of halogens is 1. The second-order valence-electron chi connectivity index (χ2n) is 3.98. The van der Waals surface area contributed by atoms with Crippen LogP contribution in [0.5, 0.6) is 0 Å². The maximum atomic E-state index is 12.0. The highest BCUT2D eigenvalue weighted by atomic mass is 79.9. The number of aromatic amines is 1. The third-order valence-corrected chi connectivity index (χ3v) is 3.28. The fourth-order valence-electron chi connectivity index (χ4n) is 1.56. The Morgan fingerprint density at radius 1 is 1.33 bits per heavy atom. The molecule has 1 amide bonds. The summed E-state index contributed by atoms with van der Waals surface area (Å²) < 4.78 is 0.488. The van der Waals surface area contributed by atoms with Crippen molar-refractivity contribution in [3.63, 3.8) is 0 Å². The Labute approximate surface area is 126 Å². The van der Waals surface area contributed by atoms with Gasteiger partial charge in [0.05, 0.1) is 22.4 Å². The van der Waals surface area contributed by atoms with Gasteiger partial charge >= 0.3 is 5.97 Å². The lowest BCUT2D eigenvalue weighted by molar-refractivity contribution is -0.384. The van der Waals surface area contributed by atoms with Crippen molar-refractivity contribution < 1.29 is 19.6 Å². The van der Waals surface area contributed by atoms with Crippen LogP contribution in [0, 0.1) is 10.1 Å². The molecule has 1 aromatic carbocycles. The van der Waals surface area contributed by atoms with Crippen LogP contribution in [0.15, 0.2) is 34.9 Å². The van der Waals surface area contributed by atoms with Gasteiger partial charge in [0.15, 0.2) is 0 Å². The quantitative estimate of drug-likeness (QED) is 0.575. The van der Waals surface area contributed by atoms with E-state index in [1.807, 2.05) is 0 Å². The highest BCUT2D eigenvalue weighted by Gasteiger charge is 2.16. The van der Waals surface area contributed by atoms with Gasteiger partial charge in [-0.1, -0.05) is 0 Å². The van der Waals surface area contributed by atoms with Crippen LogP contribution in [0.1, 0.15) is 20.8 Å². The molecule has 0 aliphatic rings. The number of nitrogens with zero attached hydrogens (tertiary/aromatic N) is 1. The Kier molecular flexibility index (Phi) is 4.03. The van der Waals surface area contributed by atoms with Gasteiger partial charge in [0, 0.05) is 10.5 Å².